The molecule has 1 heterocycles. The number of benzene rings is 1. The molecule has 0 aliphatic carbocycles. The number of pyridine rings is 1. The van der Waals surface area contributed by atoms with Gasteiger partial charge in [-0.25, -0.2) is 0 Å². The zero-order valence-electron chi connectivity index (χ0n) is 12.1. The molecule has 0 amide bonds. The van der Waals surface area contributed by atoms with Crippen LogP contribution in [0.1, 0.15) is 48.2 Å². The maximum absolute atomic E-state index is 4.06. The molecule has 2 nitrogen and oxygen atoms in total. The molecule has 100 valence electrons. The number of hydrogen-bond acceptors (Lipinski definition) is 2. The van der Waals surface area contributed by atoms with Crippen LogP contribution < -0.4 is 5.32 Å². The average Bonchev–Trinajstić information content (AvgIpc) is 2.39. The van der Waals surface area contributed by atoms with Gasteiger partial charge in [-0.2, -0.15) is 0 Å². The van der Waals surface area contributed by atoms with Crippen molar-refractivity contribution < 1.29 is 0 Å². The topological polar surface area (TPSA) is 24.9 Å². The third kappa shape index (κ3) is 3.42. The van der Waals surface area contributed by atoms with E-state index in [4.69, 9.17) is 0 Å². The van der Waals surface area contributed by atoms with Gasteiger partial charge in [0.15, 0.2) is 0 Å². The summed E-state index contributed by atoms with van der Waals surface area (Å²) in [4.78, 5) is 4.06. The summed E-state index contributed by atoms with van der Waals surface area (Å²) in [6.45, 7) is 8.72. The Balaban J connectivity index is 2.10. The second kappa shape index (κ2) is 5.98. The third-order valence-electron chi connectivity index (χ3n) is 3.60. The van der Waals surface area contributed by atoms with Crippen LogP contribution in [0.15, 0.2) is 42.7 Å². The molecule has 2 aromatic rings. The van der Waals surface area contributed by atoms with Crippen molar-refractivity contribution in [3.05, 3.63) is 65.0 Å². The summed E-state index contributed by atoms with van der Waals surface area (Å²) in [5.41, 5.74) is 5.30. The molecule has 2 atom stereocenters. The highest BCUT2D eigenvalue weighted by Crippen LogP contribution is 2.22. The molecule has 0 radical (unpaired) electrons. The highest BCUT2D eigenvalue weighted by Gasteiger charge is 2.12. The molecule has 19 heavy (non-hydrogen) atoms. The molecule has 1 unspecified atom stereocenters. The summed E-state index contributed by atoms with van der Waals surface area (Å²) in [6, 6.07) is 11.4. The van der Waals surface area contributed by atoms with Crippen LogP contribution in [0.3, 0.4) is 0 Å². The molecular weight excluding hydrogens is 232 g/mol. The Labute approximate surface area is 115 Å². The number of rotatable bonds is 4. The Morgan fingerprint density at radius 3 is 2.26 bits per heavy atom. The van der Waals surface area contributed by atoms with E-state index < -0.39 is 0 Å². The van der Waals surface area contributed by atoms with Crippen LogP contribution in [0.4, 0.5) is 0 Å². The minimum Gasteiger partial charge on any atom is -0.304 e. The molecule has 0 saturated heterocycles. The lowest BCUT2D eigenvalue weighted by Crippen LogP contribution is -2.23. The maximum Gasteiger partial charge on any atom is 0.0300 e. The Morgan fingerprint density at radius 2 is 1.63 bits per heavy atom. The second-order valence-electron chi connectivity index (χ2n) is 5.25. The van der Waals surface area contributed by atoms with Gasteiger partial charge >= 0.3 is 0 Å². The van der Waals surface area contributed by atoms with Crippen LogP contribution in [0.2, 0.25) is 0 Å². The SMILES string of the molecule is Cc1ccc(C(C)N[C@@H](C)c2ccncc2)c(C)c1. The summed E-state index contributed by atoms with van der Waals surface area (Å²) >= 11 is 0. The van der Waals surface area contributed by atoms with E-state index in [1.807, 2.05) is 12.4 Å². The lowest BCUT2D eigenvalue weighted by atomic mass is 9.99. The van der Waals surface area contributed by atoms with Crippen molar-refractivity contribution in [1.29, 1.82) is 0 Å². The number of aryl methyl sites for hydroxylation is 2. The standard InChI is InChI=1S/C17H22N2/c1-12-5-6-17(13(2)11-12)15(4)19-14(3)16-7-9-18-10-8-16/h5-11,14-15,19H,1-4H3/t14-,15?/m0/s1. The fraction of sp³-hybridized carbons (Fsp3) is 0.353. The van der Waals surface area contributed by atoms with Gasteiger partial charge in [-0.15, -0.1) is 0 Å². The van der Waals surface area contributed by atoms with Crippen molar-refractivity contribution in [3.8, 4) is 0 Å². The summed E-state index contributed by atoms with van der Waals surface area (Å²) in [7, 11) is 0. The van der Waals surface area contributed by atoms with Gasteiger partial charge in [0.2, 0.25) is 0 Å². The first-order chi connectivity index (χ1) is 9.08. The second-order valence-corrected chi connectivity index (χ2v) is 5.25. The summed E-state index contributed by atoms with van der Waals surface area (Å²) in [5.74, 6) is 0. The smallest absolute Gasteiger partial charge is 0.0300 e. The van der Waals surface area contributed by atoms with E-state index in [1.165, 1.54) is 22.3 Å². The molecule has 0 aliphatic rings. The van der Waals surface area contributed by atoms with Crippen molar-refractivity contribution in [2.45, 2.75) is 39.8 Å². The Kier molecular flexibility index (Phi) is 4.33. The van der Waals surface area contributed by atoms with Gasteiger partial charge in [0, 0.05) is 24.5 Å². The lowest BCUT2D eigenvalue weighted by Gasteiger charge is -2.22. The van der Waals surface area contributed by atoms with Gasteiger partial charge in [-0.05, 0) is 56.5 Å². The fourth-order valence-corrected chi connectivity index (χ4v) is 2.52. The predicted molar refractivity (Wildman–Crippen MR) is 80.1 cm³/mol. The molecule has 1 N–H and O–H groups in total. The number of hydrogen-bond donors (Lipinski definition) is 1. The molecule has 1 aromatic heterocycles. The third-order valence-corrected chi connectivity index (χ3v) is 3.60. The van der Waals surface area contributed by atoms with Crippen LogP contribution >= 0.6 is 0 Å². The molecule has 2 heteroatoms. The summed E-state index contributed by atoms with van der Waals surface area (Å²) < 4.78 is 0. The molecule has 0 saturated carbocycles. The molecule has 0 bridgehead atoms. The van der Waals surface area contributed by atoms with E-state index in [1.54, 1.807) is 0 Å². The molecule has 0 fully saturated rings. The van der Waals surface area contributed by atoms with E-state index in [9.17, 15) is 0 Å². The van der Waals surface area contributed by atoms with Crippen molar-refractivity contribution in [1.82, 2.24) is 10.3 Å². The van der Waals surface area contributed by atoms with E-state index in [-0.39, 0.29) is 0 Å². The van der Waals surface area contributed by atoms with Crippen molar-refractivity contribution in [3.63, 3.8) is 0 Å². The number of aromatic nitrogens is 1. The molecule has 2 rings (SSSR count). The van der Waals surface area contributed by atoms with Crippen LogP contribution in [0, 0.1) is 13.8 Å². The first-order valence-corrected chi connectivity index (χ1v) is 6.81. The monoisotopic (exact) mass is 254 g/mol. The van der Waals surface area contributed by atoms with Gasteiger partial charge in [0.25, 0.3) is 0 Å². The molecular formula is C17H22N2. The Bertz CT molecular complexity index is 534. The minimum atomic E-state index is 0.318. The largest absolute Gasteiger partial charge is 0.304 e. The first-order valence-electron chi connectivity index (χ1n) is 6.81. The highest BCUT2D eigenvalue weighted by molar-refractivity contribution is 5.32. The van der Waals surface area contributed by atoms with Crippen LogP contribution in [0.5, 0.6) is 0 Å². The van der Waals surface area contributed by atoms with E-state index in [0.717, 1.165) is 0 Å². The van der Waals surface area contributed by atoms with Crippen molar-refractivity contribution in [2.75, 3.05) is 0 Å². The van der Waals surface area contributed by atoms with E-state index in [2.05, 4.69) is 68.3 Å². The zero-order valence-corrected chi connectivity index (χ0v) is 12.1. The first kappa shape index (κ1) is 13.8. The number of nitrogens with zero attached hydrogens (tertiary/aromatic N) is 1. The van der Waals surface area contributed by atoms with Gasteiger partial charge in [0.05, 0.1) is 0 Å². The molecule has 0 aliphatic heterocycles. The van der Waals surface area contributed by atoms with E-state index >= 15 is 0 Å². The van der Waals surface area contributed by atoms with Crippen LogP contribution in [0.25, 0.3) is 0 Å². The average molecular weight is 254 g/mol. The summed E-state index contributed by atoms with van der Waals surface area (Å²) in [6.07, 6.45) is 3.69. The Morgan fingerprint density at radius 1 is 0.947 bits per heavy atom. The fourth-order valence-electron chi connectivity index (χ4n) is 2.52. The maximum atomic E-state index is 4.06. The quantitative estimate of drug-likeness (QED) is 0.888. The molecule has 0 spiro atoms. The van der Waals surface area contributed by atoms with E-state index in [0.29, 0.717) is 12.1 Å². The van der Waals surface area contributed by atoms with Crippen molar-refractivity contribution >= 4 is 0 Å². The Hall–Kier alpha value is -1.67. The summed E-state index contributed by atoms with van der Waals surface area (Å²) in [5, 5.41) is 3.64. The zero-order chi connectivity index (χ0) is 13.8. The lowest BCUT2D eigenvalue weighted by molar-refractivity contribution is 0.493. The van der Waals surface area contributed by atoms with Crippen LogP contribution in [-0.2, 0) is 0 Å². The number of nitrogens with one attached hydrogen (secondary N) is 1. The normalized spacial score (nSPS) is 14.1. The van der Waals surface area contributed by atoms with Crippen LogP contribution in [-0.4, -0.2) is 4.98 Å². The van der Waals surface area contributed by atoms with Gasteiger partial charge in [-0.3, -0.25) is 4.98 Å². The molecule has 1 aromatic carbocycles. The predicted octanol–water partition coefficient (Wildman–Crippen LogP) is 4.11. The van der Waals surface area contributed by atoms with Gasteiger partial charge in [-0.1, -0.05) is 23.8 Å². The van der Waals surface area contributed by atoms with Crippen molar-refractivity contribution in [2.24, 2.45) is 0 Å². The van der Waals surface area contributed by atoms with Gasteiger partial charge < -0.3 is 5.32 Å². The minimum absolute atomic E-state index is 0.318. The van der Waals surface area contributed by atoms with Gasteiger partial charge in [0.1, 0.15) is 0 Å². The highest BCUT2D eigenvalue weighted by atomic mass is 14.9.